The number of methoxy groups -OCH3 is 1. The average Bonchev–Trinajstić information content (AvgIpc) is 2.76. The van der Waals surface area contributed by atoms with E-state index in [-0.39, 0.29) is 23.5 Å². The summed E-state index contributed by atoms with van der Waals surface area (Å²) in [7, 11) is -1.35. The highest BCUT2D eigenvalue weighted by molar-refractivity contribution is 7.91. The summed E-state index contributed by atoms with van der Waals surface area (Å²) in [6.07, 6.45) is 1.43. The first kappa shape index (κ1) is 14.8. The van der Waals surface area contributed by atoms with E-state index in [1.165, 1.54) is 0 Å². The highest BCUT2D eigenvalue weighted by atomic mass is 32.2. The summed E-state index contributed by atoms with van der Waals surface area (Å²) in [5.74, 6) is 0.888. The second-order valence-electron chi connectivity index (χ2n) is 4.98. The molecule has 1 aromatic rings. The fraction of sp³-hybridized carbons (Fsp3) is 0.500. The Morgan fingerprint density at radius 2 is 2.15 bits per heavy atom. The minimum Gasteiger partial charge on any atom is -0.496 e. The van der Waals surface area contributed by atoms with E-state index in [0.717, 1.165) is 11.3 Å². The van der Waals surface area contributed by atoms with Crippen molar-refractivity contribution < 1.29 is 17.9 Å². The Morgan fingerprint density at radius 1 is 1.40 bits per heavy atom. The number of carbonyl (C=O) groups is 1. The molecule has 2 rings (SSSR count). The first-order chi connectivity index (χ1) is 9.50. The number of amides is 1. The standard InChI is InChI=1S/C14H19NO4S/c1-19-13-5-3-2-4-11(13)6-7-14(16)15-12-8-9-20(17,18)10-12/h2-5,12H,6-10H2,1H3,(H,15,16). The Morgan fingerprint density at radius 3 is 2.80 bits per heavy atom. The van der Waals surface area contributed by atoms with E-state index in [0.29, 0.717) is 19.3 Å². The van der Waals surface area contributed by atoms with Crippen LogP contribution < -0.4 is 10.1 Å². The van der Waals surface area contributed by atoms with Crippen molar-refractivity contribution in [3.63, 3.8) is 0 Å². The van der Waals surface area contributed by atoms with E-state index in [9.17, 15) is 13.2 Å². The lowest BCUT2D eigenvalue weighted by Crippen LogP contribution is -2.35. The maximum atomic E-state index is 11.8. The number of rotatable bonds is 5. The largest absolute Gasteiger partial charge is 0.496 e. The molecule has 0 aliphatic carbocycles. The second kappa shape index (κ2) is 6.26. The quantitative estimate of drug-likeness (QED) is 0.877. The Labute approximate surface area is 119 Å². The van der Waals surface area contributed by atoms with Gasteiger partial charge < -0.3 is 10.1 Å². The van der Waals surface area contributed by atoms with Crippen LogP contribution in [0.15, 0.2) is 24.3 Å². The number of carbonyl (C=O) groups excluding carboxylic acids is 1. The summed E-state index contributed by atoms with van der Waals surface area (Å²) < 4.78 is 27.9. The van der Waals surface area contributed by atoms with Crippen LogP contribution in [0.4, 0.5) is 0 Å². The topological polar surface area (TPSA) is 72.5 Å². The molecule has 1 fully saturated rings. The zero-order valence-electron chi connectivity index (χ0n) is 11.5. The maximum Gasteiger partial charge on any atom is 0.220 e. The highest BCUT2D eigenvalue weighted by Crippen LogP contribution is 2.19. The summed E-state index contributed by atoms with van der Waals surface area (Å²) >= 11 is 0. The predicted octanol–water partition coefficient (Wildman–Crippen LogP) is 0.931. The van der Waals surface area contributed by atoms with Gasteiger partial charge in [-0.3, -0.25) is 4.79 Å². The van der Waals surface area contributed by atoms with E-state index in [2.05, 4.69) is 5.32 Å². The van der Waals surface area contributed by atoms with Crippen molar-refractivity contribution in [2.75, 3.05) is 18.6 Å². The number of hydrogen-bond acceptors (Lipinski definition) is 4. The Kier molecular flexibility index (Phi) is 4.65. The van der Waals surface area contributed by atoms with Crippen LogP contribution in [0.5, 0.6) is 5.75 Å². The number of sulfone groups is 1. The molecule has 110 valence electrons. The van der Waals surface area contributed by atoms with Crippen molar-refractivity contribution in [2.45, 2.75) is 25.3 Å². The van der Waals surface area contributed by atoms with Gasteiger partial charge in [-0.25, -0.2) is 8.42 Å². The van der Waals surface area contributed by atoms with E-state index in [4.69, 9.17) is 4.74 Å². The van der Waals surface area contributed by atoms with Crippen molar-refractivity contribution in [1.29, 1.82) is 0 Å². The molecule has 1 saturated heterocycles. The van der Waals surface area contributed by atoms with Crippen LogP contribution in [0, 0.1) is 0 Å². The molecule has 1 aliphatic rings. The number of nitrogens with one attached hydrogen (secondary N) is 1. The van der Waals surface area contributed by atoms with Crippen LogP contribution >= 0.6 is 0 Å². The predicted molar refractivity (Wildman–Crippen MR) is 76.5 cm³/mol. The SMILES string of the molecule is COc1ccccc1CCC(=O)NC1CCS(=O)(=O)C1. The van der Waals surface area contributed by atoms with Gasteiger partial charge in [0.25, 0.3) is 0 Å². The lowest BCUT2D eigenvalue weighted by molar-refractivity contribution is -0.121. The summed E-state index contributed by atoms with van der Waals surface area (Å²) in [6.45, 7) is 0. The number of benzene rings is 1. The summed E-state index contributed by atoms with van der Waals surface area (Å²) in [6, 6.07) is 7.33. The van der Waals surface area contributed by atoms with E-state index >= 15 is 0 Å². The molecule has 1 unspecified atom stereocenters. The summed E-state index contributed by atoms with van der Waals surface area (Å²) in [5.41, 5.74) is 0.976. The van der Waals surface area contributed by atoms with E-state index < -0.39 is 9.84 Å². The smallest absolute Gasteiger partial charge is 0.220 e. The molecule has 1 N–H and O–H groups in total. The lowest BCUT2D eigenvalue weighted by Gasteiger charge is -2.11. The van der Waals surface area contributed by atoms with Crippen LogP contribution in [-0.2, 0) is 21.1 Å². The highest BCUT2D eigenvalue weighted by Gasteiger charge is 2.28. The molecule has 20 heavy (non-hydrogen) atoms. The second-order valence-corrected chi connectivity index (χ2v) is 7.21. The Balaban J connectivity index is 1.84. The molecule has 0 aromatic heterocycles. The molecule has 0 bridgehead atoms. The van der Waals surface area contributed by atoms with Gasteiger partial charge in [0, 0.05) is 12.5 Å². The number of aryl methyl sites for hydroxylation is 1. The van der Waals surface area contributed by atoms with Crippen LogP contribution in [0.3, 0.4) is 0 Å². The zero-order valence-corrected chi connectivity index (χ0v) is 12.3. The van der Waals surface area contributed by atoms with Gasteiger partial charge in [-0.1, -0.05) is 18.2 Å². The molecular formula is C14H19NO4S. The van der Waals surface area contributed by atoms with Gasteiger partial charge in [-0.05, 0) is 24.5 Å². The first-order valence-corrected chi connectivity index (χ1v) is 8.44. The van der Waals surface area contributed by atoms with Crippen molar-refractivity contribution in [2.24, 2.45) is 0 Å². The van der Waals surface area contributed by atoms with Crippen LogP contribution in [0.25, 0.3) is 0 Å². The van der Waals surface area contributed by atoms with Gasteiger partial charge in [-0.15, -0.1) is 0 Å². The normalized spacial score (nSPS) is 20.6. The van der Waals surface area contributed by atoms with Crippen molar-refractivity contribution in [3.05, 3.63) is 29.8 Å². The van der Waals surface area contributed by atoms with Crippen molar-refractivity contribution in [3.8, 4) is 5.75 Å². The van der Waals surface area contributed by atoms with Gasteiger partial charge in [0.1, 0.15) is 5.75 Å². The van der Waals surface area contributed by atoms with E-state index in [1.807, 2.05) is 24.3 Å². The number of hydrogen-bond donors (Lipinski definition) is 1. The van der Waals surface area contributed by atoms with Crippen LogP contribution in [-0.4, -0.2) is 39.0 Å². The van der Waals surface area contributed by atoms with Gasteiger partial charge in [-0.2, -0.15) is 0 Å². The molecule has 1 heterocycles. The third-order valence-electron chi connectivity index (χ3n) is 3.41. The van der Waals surface area contributed by atoms with Gasteiger partial charge in [0.2, 0.25) is 5.91 Å². The zero-order chi connectivity index (χ0) is 14.6. The Bertz CT molecular complexity index is 583. The maximum absolute atomic E-state index is 11.8. The summed E-state index contributed by atoms with van der Waals surface area (Å²) in [5, 5.41) is 2.78. The molecule has 1 atom stereocenters. The third kappa shape index (κ3) is 3.96. The molecule has 0 saturated carbocycles. The molecule has 1 aliphatic heterocycles. The fourth-order valence-corrected chi connectivity index (χ4v) is 4.04. The minimum atomic E-state index is -2.95. The first-order valence-electron chi connectivity index (χ1n) is 6.62. The van der Waals surface area contributed by atoms with Gasteiger partial charge in [0.05, 0.1) is 18.6 Å². The third-order valence-corrected chi connectivity index (χ3v) is 5.18. The molecule has 1 amide bonds. The molecule has 0 spiro atoms. The number of ether oxygens (including phenoxy) is 1. The monoisotopic (exact) mass is 297 g/mol. The molecule has 5 nitrogen and oxygen atoms in total. The average molecular weight is 297 g/mol. The van der Waals surface area contributed by atoms with Crippen LogP contribution in [0.2, 0.25) is 0 Å². The molecule has 1 aromatic carbocycles. The lowest BCUT2D eigenvalue weighted by atomic mass is 10.1. The number of para-hydroxylation sites is 1. The summed E-state index contributed by atoms with van der Waals surface area (Å²) in [4.78, 5) is 11.8. The van der Waals surface area contributed by atoms with Gasteiger partial charge in [0.15, 0.2) is 9.84 Å². The van der Waals surface area contributed by atoms with Crippen LogP contribution in [0.1, 0.15) is 18.4 Å². The molecule has 6 heteroatoms. The van der Waals surface area contributed by atoms with Gasteiger partial charge >= 0.3 is 0 Å². The molecule has 0 radical (unpaired) electrons. The van der Waals surface area contributed by atoms with Crippen molar-refractivity contribution in [1.82, 2.24) is 5.32 Å². The Hall–Kier alpha value is -1.56. The van der Waals surface area contributed by atoms with Crippen molar-refractivity contribution >= 4 is 15.7 Å². The minimum absolute atomic E-state index is 0.0629. The molecular weight excluding hydrogens is 278 g/mol. The fourth-order valence-electron chi connectivity index (χ4n) is 2.37. The van der Waals surface area contributed by atoms with E-state index in [1.54, 1.807) is 7.11 Å².